The van der Waals surface area contributed by atoms with Crippen LogP contribution in [0.5, 0.6) is 0 Å². The van der Waals surface area contributed by atoms with E-state index in [2.05, 4.69) is 25.5 Å². The molecule has 0 spiro atoms. The molecular weight excluding hydrogens is 787 g/mol. The molecule has 0 aromatic heterocycles. The minimum atomic E-state index is -1.36. The Hall–Kier alpha value is 1.52. The molecule has 0 aromatic carbocycles. The van der Waals surface area contributed by atoms with Crippen LogP contribution in [0.15, 0.2) is 12.7 Å². The molecule has 11 unspecified atom stereocenters. The van der Waals surface area contributed by atoms with Crippen molar-refractivity contribution in [2.45, 2.75) is 89.9 Å². The van der Waals surface area contributed by atoms with E-state index >= 15 is 0 Å². The lowest BCUT2D eigenvalue weighted by atomic mass is 10.00. The number of hydrogen-bond acceptors (Lipinski definition) is 16. The molecule has 3 aliphatic heterocycles. The molecule has 0 aliphatic carbocycles. The van der Waals surface area contributed by atoms with Gasteiger partial charge in [-0.05, 0) is 0 Å². The molecule has 0 aromatic rings. The van der Waals surface area contributed by atoms with Gasteiger partial charge in [-0.25, -0.2) is 0 Å². The van der Waals surface area contributed by atoms with E-state index in [0.29, 0.717) is 0 Å². The van der Waals surface area contributed by atoms with E-state index < -0.39 is 132 Å². The minimum Gasteiger partial charge on any atom is -0.389 e. The Kier molecular flexibility index (Phi) is 19.9. The predicted octanol–water partition coefficient (Wildman–Crippen LogP) is 3.39. The topological polar surface area (TPSA) is 198 Å². The second-order valence-corrected chi connectivity index (χ2v) is 15.3. The van der Waals surface area contributed by atoms with Gasteiger partial charge in [0.25, 0.3) is 0 Å². The quantitative estimate of drug-likeness (QED) is 0.147. The third-order valence-corrected chi connectivity index (χ3v) is 13.0. The largest absolute Gasteiger partial charge is 0.389 e. The molecule has 19 atom stereocenters. The molecule has 25 heteroatoms. The van der Waals surface area contributed by atoms with E-state index in [4.69, 9.17) is 46.5 Å². The molecule has 46 heavy (non-hydrogen) atoms. The summed E-state index contributed by atoms with van der Waals surface area (Å²) in [6.45, 7) is 3.35. The molecule has 1 N–H and O–H groups in total. The third-order valence-electron chi connectivity index (χ3n) is 7.43. The first-order valence-electron chi connectivity index (χ1n) is 13.4. The maximum absolute atomic E-state index is 12.7. The number of hydrogen-bond donors (Lipinski definition) is 1. The highest BCUT2D eigenvalue weighted by Gasteiger charge is 2.56. The Morgan fingerprint density at radius 1 is 0.609 bits per heavy atom. The lowest BCUT2D eigenvalue weighted by Gasteiger charge is -2.48. The average Bonchev–Trinajstić information content (AvgIpc) is 3.05. The monoisotopic (exact) mass is 822 g/mol. The molecule has 3 aliphatic rings. The van der Waals surface area contributed by atoms with E-state index in [1.165, 1.54) is 6.08 Å². The summed E-state index contributed by atoms with van der Waals surface area (Å²) in [5, 5.41) is 10.9. The molecule has 3 fully saturated rings. The summed E-state index contributed by atoms with van der Waals surface area (Å²) in [6.07, 6.45) is -9.81. The Bertz CT molecular complexity index is 1020. The van der Waals surface area contributed by atoms with Gasteiger partial charge in [0.1, 0.15) is 54.0 Å². The zero-order valence-electron chi connectivity index (χ0n) is 23.9. The van der Waals surface area contributed by atoms with Crippen LogP contribution in [0.1, 0.15) is 0 Å². The van der Waals surface area contributed by atoms with Crippen LogP contribution < -0.4 is 0 Å². The fourth-order valence-electron chi connectivity index (χ4n) is 5.32. The van der Waals surface area contributed by atoms with Gasteiger partial charge in [0, 0.05) is 37.9 Å². The first kappa shape index (κ1) is 41.9. The van der Waals surface area contributed by atoms with Crippen molar-refractivity contribution >= 4 is 80.2 Å². The molecule has 3 rings (SSSR count). The Morgan fingerprint density at radius 2 is 1.04 bits per heavy atom. The molecule has 0 amide bonds. The van der Waals surface area contributed by atoms with Crippen molar-refractivity contribution in [3.63, 3.8) is 0 Å². The highest BCUT2D eigenvalue weighted by atomic mass is 31.1. The van der Waals surface area contributed by atoms with Crippen molar-refractivity contribution in [2.24, 2.45) is 0 Å². The molecule has 16 nitrogen and oxygen atoms in total. The maximum Gasteiger partial charge on any atom is 0.187 e. The van der Waals surface area contributed by atoms with Crippen LogP contribution in [0, 0.1) is 0 Å². The first-order chi connectivity index (χ1) is 22.3. The standard InChI is InChI=1S/C21H35O16P9/c1-2-3-28-20-17(45-26)15(43-24)12(7(32-20)4-29-38)36-21-18(46-27)16(44-25)11(8(33-21)5-30-39)35-19-13(37-41)10(22)14(42-23)9(34-19)6-31-40/h2,7-22H,1,3-6,38-41H2/t7?,8?,9?,10-,11+,12-,13?,14+,15+,16+,17?,18?,19-,20?,21+/m1/s1. The van der Waals surface area contributed by atoms with E-state index in [0.717, 1.165) is 0 Å². The molecule has 0 radical (unpaired) electrons. The van der Waals surface area contributed by atoms with Crippen molar-refractivity contribution in [3.05, 3.63) is 12.7 Å². The molecule has 3 heterocycles. The summed E-state index contributed by atoms with van der Waals surface area (Å²) in [5.41, 5.74) is -5.05. The van der Waals surface area contributed by atoms with Gasteiger partial charge in [-0.2, -0.15) is 0 Å². The van der Waals surface area contributed by atoms with Gasteiger partial charge in [-0.1, -0.05) is 6.08 Å². The molecule has 0 saturated carbocycles. The lowest BCUT2D eigenvalue weighted by Crippen LogP contribution is -2.64. The summed E-state index contributed by atoms with van der Waals surface area (Å²) in [5.74, 6) is 0. The van der Waals surface area contributed by atoms with E-state index in [1.54, 1.807) is 0 Å². The summed E-state index contributed by atoms with van der Waals surface area (Å²) in [4.78, 5) is 0. The average molecular weight is 822 g/mol. The predicted molar refractivity (Wildman–Crippen MR) is 176 cm³/mol. The zero-order valence-corrected chi connectivity index (χ0v) is 33.0. The van der Waals surface area contributed by atoms with Crippen LogP contribution in [0.3, 0.4) is 0 Å². The number of aliphatic hydroxyl groups excluding tert-OH is 1. The van der Waals surface area contributed by atoms with Gasteiger partial charge in [-0.15, -0.1) is 6.58 Å². The molecule has 260 valence electrons. The van der Waals surface area contributed by atoms with Gasteiger partial charge in [0.15, 0.2) is 61.2 Å². The second kappa shape index (κ2) is 21.8. The third kappa shape index (κ3) is 10.1. The van der Waals surface area contributed by atoms with Crippen molar-refractivity contribution in [1.29, 1.82) is 0 Å². The van der Waals surface area contributed by atoms with Crippen LogP contribution in [0.2, 0.25) is 0 Å². The Labute approximate surface area is 283 Å². The van der Waals surface area contributed by atoms with Crippen LogP contribution in [0.25, 0.3) is 0 Å². The number of aliphatic hydroxyl groups is 1. The summed E-state index contributed by atoms with van der Waals surface area (Å²) < 4.78 is 119. The normalized spacial score (nSPS) is 42.2. The Balaban J connectivity index is 1.93. The Morgan fingerprint density at radius 3 is 1.50 bits per heavy atom. The smallest absolute Gasteiger partial charge is 0.187 e. The fourth-order valence-corrected chi connectivity index (χ4v) is 9.80. The minimum absolute atomic E-state index is 0.0665. The summed E-state index contributed by atoms with van der Waals surface area (Å²) >= 11 is 0. The van der Waals surface area contributed by atoms with Crippen molar-refractivity contribution in [2.75, 3.05) is 26.4 Å². The van der Waals surface area contributed by atoms with Crippen molar-refractivity contribution in [3.8, 4) is 0 Å². The summed E-state index contributed by atoms with van der Waals surface area (Å²) in [6, 6.07) is 0. The molecule has 3 saturated heterocycles. The van der Waals surface area contributed by atoms with Gasteiger partial charge in [0.2, 0.25) is 0 Å². The number of ether oxygens (including phenoxy) is 6. The van der Waals surface area contributed by atoms with Gasteiger partial charge in [0.05, 0.1) is 43.4 Å². The zero-order chi connectivity index (χ0) is 33.8. The SMILES string of the molecule is C=CCOC1OC(COP)[C@@H](O[C@@H]2OC(COP)[C@H](O[C@H]3OC(COP)[C@H](P=O)[C@H](O)C3OP)[C@H](P=O)C2P=O)[C@H](P=O)C1P=O. The van der Waals surface area contributed by atoms with Gasteiger partial charge in [-0.3, -0.25) is 22.8 Å². The van der Waals surface area contributed by atoms with Gasteiger partial charge >= 0.3 is 0 Å². The second-order valence-electron chi connectivity index (χ2n) is 10.0. The summed E-state index contributed by atoms with van der Waals surface area (Å²) in [7, 11) is 5.81. The fraction of sp³-hybridized carbons (Fsp3) is 0.905. The van der Waals surface area contributed by atoms with Crippen LogP contribution in [0.4, 0.5) is 0 Å². The van der Waals surface area contributed by atoms with E-state index in [9.17, 15) is 27.9 Å². The molecular formula is C21H35O16P9. The van der Waals surface area contributed by atoms with Crippen LogP contribution in [-0.2, 0) is 69.3 Å². The van der Waals surface area contributed by atoms with E-state index in [-0.39, 0.29) is 26.4 Å². The maximum atomic E-state index is 12.7. The highest BCUT2D eigenvalue weighted by molar-refractivity contribution is 7.30. The highest BCUT2D eigenvalue weighted by Crippen LogP contribution is 2.44. The van der Waals surface area contributed by atoms with Gasteiger partial charge < -0.3 is 51.6 Å². The first-order valence-corrected chi connectivity index (χ1v) is 19.7. The van der Waals surface area contributed by atoms with Crippen molar-refractivity contribution < 1.29 is 74.4 Å². The van der Waals surface area contributed by atoms with E-state index in [1.807, 2.05) is 18.9 Å². The van der Waals surface area contributed by atoms with Crippen LogP contribution in [-0.4, -0.2) is 121 Å². The van der Waals surface area contributed by atoms with Crippen molar-refractivity contribution in [1.82, 2.24) is 0 Å². The number of rotatable bonds is 19. The molecule has 0 bridgehead atoms. The lowest BCUT2D eigenvalue weighted by molar-refractivity contribution is -0.317. The van der Waals surface area contributed by atoms with Crippen LogP contribution >= 0.6 is 80.2 Å².